The van der Waals surface area contributed by atoms with Crippen molar-refractivity contribution in [3.63, 3.8) is 0 Å². The SMILES string of the molecule is CCN(CC)C(=O)[C@@H]1C[C@H](N)CN1C(=O)c1cnc(NC(C)=O)s1. The molecule has 3 amide bonds. The predicted molar refractivity (Wildman–Crippen MR) is 91.8 cm³/mol. The minimum absolute atomic E-state index is 0.0760. The standard InChI is InChI=1S/C15H23N5O3S/c1-4-19(5-2)13(22)11-6-10(16)8-20(11)14(23)12-7-17-15(24-12)18-9(3)21/h7,10-11H,4-6,8,16H2,1-3H3,(H,17,18,21)/t10-,11-/m0/s1. The molecule has 1 saturated heterocycles. The average Bonchev–Trinajstić information content (AvgIpc) is 3.13. The van der Waals surface area contributed by atoms with Crippen LogP contribution in [0.3, 0.4) is 0 Å². The first kappa shape index (κ1) is 18.3. The lowest BCUT2D eigenvalue weighted by Gasteiger charge is -2.28. The number of likely N-dealkylation sites (N-methyl/N-ethyl adjacent to an activating group) is 1. The molecule has 0 saturated carbocycles. The Bertz CT molecular complexity index is 628. The van der Waals surface area contributed by atoms with Crippen LogP contribution in [0, 0.1) is 0 Å². The zero-order valence-electron chi connectivity index (χ0n) is 14.1. The summed E-state index contributed by atoms with van der Waals surface area (Å²) >= 11 is 1.09. The van der Waals surface area contributed by atoms with E-state index in [9.17, 15) is 14.4 Å². The van der Waals surface area contributed by atoms with Crippen molar-refractivity contribution in [2.75, 3.05) is 25.0 Å². The molecule has 9 heteroatoms. The fraction of sp³-hybridized carbons (Fsp3) is 0.600. The molecule has 2 atom stereocenters. The van der Waals surface area contributed by atoms with E-state index in [2.05, 4.69) is 10.3 Å². The first-order valence-electron chi connectivity index (χ1n) is 7.96. The van der Waals surface area contributed by atoms with Crippen molar-refractivity contribution in [2.45, 2.75) is 39.3 Å². The lowest BCUT2D eigenvalue weighted by molar-refractivity contribution is -0.134. The smallest absolute Gasteiger partial charge is 0.266 e. The molecule has 0 radical (unpaired) electrons. The van der Waals surface area contributed by atoms with Gasteiger partial charge in [0.15, 0.2) is 5.13 Å². The number of carbonyl (C=O) groups is 3. The van der Waals surface area contributed by atoms with E-state index >= 15 is 0 Å². The van der Waals surface area contributed by atoms with Crippen LogP contribution in [0.4, 0.5) is 5.13 Å². The van der Waals surface area contributed by atoms with E-state index in [1.54, 1.807) is 4.90 Å². The van der Waals surface area contributed by atoms with Crippen LogP contribution >= 0.6 is 11.3 Å². The molecule has 0 aliphatic carbocycles. The fourth-order valence-electron chi connectivity index (χ4n) is 2.80. The number of rotatable bonds is 5. The number of aromatic nitrogens is 1. The highest BCUT2D eigenvalue weighted by molar-refractivity contribution is 7.17. The first-order valence-corrected chi connectivity index (χ1v) is 8.77. The van der Waals surface area contributed by atoms with Crippen molar-refractivity contribution < 1.29 is 14.4 Å². The zero-order chi connectivity index (χ0) is 17.9. The van der Waals surface area contributed by atoms with Gasteiger partial charge in [-0.15, -0.1) is 0 Å². The molecule has 132 valence electrons. The minimum Gasteiger partial charge on any atom is -0.341 e. The van der Waals surface area contributed by atoms with Gasteiger partial charge in [0.2, 0.25) is 11.8 Å². The summed E-state index contributed by atoms with van der Waals surface area (Å²) in [5, 5.41) is 2.91. The molecule has 3 N–H and O–H groups in total. The highest BCUT2D eigenvalue weighted by atomic mass is 32.1. The molecule has 1 aromatic heterocycles. The van der Waals surface area contributed by atoms with Crippen LogP contribution in [0.5, 0.6) is 0 Å². The first-order chi connectivity index (χ1) is 11.4. The Morgan fingerprint density at radius 2 is 2.08 bits per heavy atom. The summed E-state index contributed by atoms with van der Waals surface area (Å²) in [6.07, 6.45) is 1.87. The summed E-state index contributed by atoms with van der Waals surface area (Å²) in [6, 6.07) is -0.764. The van der Waals surface area contributed by atoms with Crippen LogP contribution in [0.2, 0.25) is 0 Å². The summed E-state index contributed by atoms with van der Waals surface area (Å²) in [6.45, 7) is 6.72. The molecule has 0 aromatic carbocycles. The number of nitrogens with zero attached hydrogens (tertiary/aromatic N) is 3. The van der Waals surface area contributed by atoms with E-state index in [1.807, 2.05) is 13.8 Å². The van der Waals surface area contributed by atoms with Crippen LogP contribution in [0.15, 0.2) is 6.20 Å². The fourth-order valence-corrected chi connectivity index (χ4v) is 3.61. The number of hydrogen-bond acceptors (Lipinski definition) is 6. The molecule has 24 heavy (non-hydrogen) atoms. The van der Waals surface area contributed by atoms with Gasteiger partial charge in [-0.2, -0.15) is 0 Å². The Balaban J connectivity index is 2.18. The Hall–Kier alpha value is -2.00. The van der Waals surface area contributed by atoms with Gasteiger partial charge in [0, 0.05) is 32.6 Å². The van der Waals surface area contributed by atoms with E-state index in [0.29, 0.717) is 36.1 Å². The Morgan fingerprint density at radius 3 is 2.67 bits per heavy atom. The van der Waals surface area contributed by atoms with Gasteiger partial charge in [0.1, 0.15) is 10.9 Å². The summed E-state index contributed by atoms with van der Waals surface area (Å²) in [5.41, 5.74) is 5.99. The zero-order valence-corrected chi connectivity index (χ0v) is 14.9. The van der Waals surface area contributed by atoms with E-state index in [4.69, 9.17) is 5.73 Å². The maximum absolute atomic E-state index is 12.8. The van der Waals surface area contributed by atoms with Crippen molar-refractivity contribution in [1.82, 2.24) is 14.8 Å². The van der Waals surface area contributed by atoms with Crippen molar-refractivity contribution in [2.24, 2.45) is 5.73 Å². The molecule has 0 bridgehead atoms. The second-order valence-electron chi connectivity index (χ2n) is 5.69. The monoisotopic (exact) mass is 353 g/mol. The summed E-state index contributed by atoms with van der Waals surface area (Å²) < 4.78 is 0. The largest absolute Gasteiger partial charge is 0.341 e. The van der Waals surface area contributed by atoms with Crippen LogP contribution < -0.4 is 11.1 Å². The number of anilines is 1. The van der Waals surface area contributed by atoms with E-state index in [0.717, 1.165) is 11.3 Å². The molecule has 8 nitrogen and oxygen atoms in total. The maximum Gasteiger partial charge on any atom is 0.266 e. The molecule has 0 unspecified atom stereocenters. The number of nitrogens with two attached hydrogens (primary N) is 1. The lowest BCUT2D eigenvalue weighted by Crippen LogP contribution is -2.47. The summed E-state index contributed by atoms with van der Waals surface area (Å²) in [7, 11) is 0. The number of nitrogens with one attached hydrogen (secondary N) is 1. The van der Waals surface area contributed by atoms with Gasteiger partial charge in [-0.05, 0) is 20.3 Å². The maximum atomic E-state index is 12.8. The molecule has 2 heterocycles. The van der Waals surface area contributed by atoms with E-state index in [1.165, 1.54) is 18.0 Å². The summed E-state index contributed by atoms with van der Waals surface area (Å²) in [5.74, 6) is -0.600. The Morgan fingerprint density at radius 1 is 1.42 bits per heavy atom. The van der Waals surface area contributed by atoms with Gasteiger partial charge >= 0.3 is 0 Å². The van der Waals surface area contributed by atoms with E-state index < -0.39 is 6.04 Å². The number of hydrogen-bond donors (Lipinski definition) is 2. The number of amides is 3. The van der Waals surface area contributed by atoms with Gasteiger partial charge < -0.3 is 20.9 Å². The highest BCUT2D eigenvalue weighted by Crippen LogP contribution is 2.25. The van der Waals surface area contributed by atoms with Crippen molar-refractivity contribution in [3.8, 4) is 0 Å². The predicted octanol–water partition coefficient (Wildman–Crippen LogP) is 0.512. The second kappa shape index (κ2) is 7.71. The van der Waals surface area contributed by atoms with Crippen LogP contribution in [-0.4, -0.2) is 64.2 Å². The molecule has 1 aliphatic heterocycles. The lowest BCUT2D eigenvalue weighted by atomic mass is 10.1. The molecule has 1 aromatic rings. The number of thiazole rings is 1. The van der Waals surface area contributed by atoms with Crippen LogP contribution in [0.1, 0.15) is 36.9 Å². The number of carbonyl (C=O) groups excluding carboxylic acids is 3. The van der Waals surface area contributed by atoms with Crippen molar-refractivity contribution in [1.29, 1.82) is 0 Å². The molecular weight excluding hydrogens is 330 g/mol. The topological polar surface area (TPSA) is 109 Å². The molecule has 0 spiro atoms. The Labute approximate surface area is 145 Å². The average molecular weight is 353 g/mol. The molecule has 1 aliphatic rings. The van der Waals surface area contributed by atoms with Gasteiger partial charge in [0.05, 0.1) is 6.20 Å². The third-order valence-corrected chi connectivity index (χ3v) is 4.85. The van der Waals surface area contributed by atoms with E-state index in [-0.39, 0.29) is 23.8 Å². The van der Waals surface area contributed by atoms with Gasteiger partial charge in [-0.1, -0.05) is 11.3 Å². The third-order valence-electron chi connectivity index (χ3n) is 3.95. The van der Waals surface area contributed by atoms with Gasteiger partial charge in [0.25, 0.3) is 5.91 Å². The molecule has 1 fully saturated rings. The second-order valence-corrected chi connectivity index (χ2v) is 6.72. The van der Waals surface area contributed by atoms with Gasteiger partial charge in [-0.3, -0.25) is 14.4 Å². The third kappa shape index (κ3) is 3.90. The minimum atomic E-state index is -0.543. The summed E-state index contributed by atoms with van der Waals surface area (Å²) in [4.78, 5) is 44.1. The highest BCUT2D eigenvalue weighted by Gasteiger charge is 2.40. The van der Waals surface area contributed by atoms with Gasteiger partial charge in [-0.25, -0.2) is 4.98 Å². The van der Waals surface area contributed by atoms with Crippen LogP contribution in [0.25, 0.3) is 0 Å². The quantitative estimate of drug-likeness (QED) is 0.802. The van der Waals surface area contributed by atoms with Crippen molar-refractivity contribution in [3.05, 3.63) is 11.1 Å². The normalized spacial score (nSPS) is 20.1. The molecular formula is C15H23N5O3S. The number of likely N-dealkylation sites (tertiary alicyclic amines) is 1. The van der Waals surface area contributed by atoms with Crippen LogP contribution in [-0.2, 0) is 9.59 Å². The van der Waals surface area contributed by atoms with Crippen molar-refractivity contribution >= 4 is 34.2 Å². The Kier molecular flexibility index (Phi) is 5.89. The molecule has 2 rings (SSSR count).